The summed E-state index contributed by atoms with van der Waals surface area (Å²) in [7, 11) is 0. The van der Waals surface area contributed by atoms with Crippen molar-refractivity contribution in [3.63, 3.8) is 0 Å². The average molecular weight is 288 g/mol. The van der Waals surface area contributed by atoms with Crippen molar-refractivity contribution in [1.29, 1.82) is 0 Å². The first kappa shape index (κ1) is 13.1. The van der Waals surface area contributed by atoms with E-state index in [0.29, 0.717) is 26.2 Å². The normalized spacial score (nSPS) is 15.7. The summed E-state index contributed by atoms with van der Waals surface area (Å²) in [5.74, 6) is 0.156. The van der Waals surface area contributed by atoms with E-state index in [9.17, 15) is 9.59 Å². The molecule has 1 aliphatic heterocycles. The van der Waals surface area contributed by atoms with Crippen molar-refractivity contribution < 1.29 is 9.59 Å². The minimum atomic E-state index is 0.0747. The predicted molar refractivity (Wildman–Crippen MR) is 80.0 cm³/mol. The van der Waals surface area contributed by atoms with E-state index in [2.05, 4.69) is 0 Å². The Labute approximate surface area is 121 Å². The summed E-state index contributed by atoms with van der Waals surface area (Å²) in [5.41, 5.74) is 0.780. The number of hydrogen-bond acceptors (Lipinski definition) is 3. The zero-order chi connectivity index (χ0) is 14.1. The van der Waals surface area contributed by atoms with Gasteiger partial charge in [0.15, 0.2) is 0 Å². The molecule has 1 aliphatic rings. The molecule has 2 amide bonds. The van der Waals surface area contributed by atoms with Crippen LogP contribution in [0.1, 0.15) is 17.3 Å². The van der Waals surface area contributed by atoms with E-state index in [4.69, 9.17) is 0 Å². The van der Waals surface area contributed by atoms with Gasteiger partial charge in [0.1, 0.15) is 0 Å². The molecule has 0 N–H and O–H groups in total. The first-order chi connectivity index (χ1) is 9.66. The molecule has 4 nitrogen and oxygen atoms in total. The van der Waals surface area contributed by atoms with Crippen LogP contribution in [-0.4, -0.2) is 47.8 Å². The van der Waals surface area contributed by atoms with E-state index < -0.39 is 0 Å². The molecule has 0 saturated carbocycles. The Morgan fingerprint density at radius 2 is 1.70 bits per heavy atom. The van der Waals surface area contributed by atoms with Crippen molar-refractivity contribution in [1.82, 2.24) is 9.80 Å². The second kappa shape index (κ2) is 5.25. The second-order valence-electron chi connectivity index (χ2n) is 4.94. The number of carbonyl (C=O) groups is 2. The first-order valence-electron chi connectivity index (χ1n) is 6.68. The predicted octanol–water partition coefficient (Wildman–Crippen LogP) is 2.21. The van der Waals surface area contributed by atoms with Crippen LogP contribution in [0.15, 0.2) is 29.6 Å². The van der Waals surface area contributed by atoms with Gasteiger partial charge in [0, 0.05) is 48.6 Å². The maximum absolute atomic E-state index is 12.6. The number of amides is 2. The summed E-state index contributed by atoms with van der Waals surface area (Å²) in [6, 6.07) is 7.97. The highest BCUT2D eigenvalue weighted by molar-refractivity contribution is 7.17. The minimum Gasteiger partial charge on any atom is -0.339 e. The smallest absolute Gasteiger partial charge is 0.255 e. The van der Waals surface area contributed by atoms with Crippen molar-refractivity contribution in [2.24, 2.45) is 0 Å². The molecule has 2 heterocycles. The van der Waals surface area contributed by atoms with Crippen LogP contribution in [0.25, 0.3) is 10.1 Å². The van der Waals surface area contributed by atoms with E-state index in [1.54, 1.807) is 23.2 Å². The number of hydrogen-bond donors (Lipinski definition) is 0. The summed E-state index contributed by atoms with van der Waals surface area (Å²) in [6.07, 6.45) is 0. The van der Waals surface area contributed by atoms with Gasteiger partial charge in [-0.25, -0.2) is 0 Å². The molecular weight excluding hydrogens is 272 g/mol. The minimum absolute atomic E-state index is 0.0747. The highest BCUT2D eigenvalue weighted by atomic mass is 32.1. The van der Waals surface area contributed by atoms with Crippen LogP contribution in [0, 0.1) is 0 Å². The lowest BCUT2D eigenvalue weighted by Gasteiger charge is -2.34. The lowest BCUT2D eigenvalue weighted by atomic mass is 10.1. The number of rotatable bonds is 1. The van der Waals surface area contributed by atoms with Crippen molar-refractivity contribution in [3.8, 4) is 0 Å². The summed E-state index contributed by atoms with van der Waals surface area (Å²) < 4.78 is 1.14. The molecule has 3 rings (SSSR count). The molecule has 5 heteroatoms. The zero-order valence-electron chi connectivity index (χ0n) is 11.3. The topological polar surface area (TPSA) is 40.6 Å². The lowest BCUT2D eigenvalue weighted by molar-refractivity contribution is -0.130. The third kappa shape index (κ3) is 2.29. The number of thiophene rings is 1. The fourth-order valence-corrected chi connectivity index (χ4v) is 3.47. The molecule has 0 spiro atoms. The Hall–Kier alpha value is -1.88. The van der Waals surface area contributed by atoms with Gasteiger partial charge in [-0.1, -0.05) is 18.2 Å². The molecule has 20 heavy (non-hydrogen) atoms. The molecular formula is C15H16N2O2S. The zero-order valence-corrected chi connectivity index (χ0v) is 12.2. The van der Waals surface area contributed by atoms with Crippen LogP contribution >= 0.6 is 11.3 Å². The third-order valence-electron chi connectivity index (χ3n) is 3.72. The Morgan fingerprint density at radius 3 is 2.40 bits per heavy atom. The highest BCUT2D eigenvalue weighted by Crippen LogP contribution is 2.26. The lowest BCUT2D eigenvalue weighted by Crippen LogP contribution is -2.50. The van der Waals surface area contributed by atoms with Gasteiger partial charge in [-0.15, -0.1) is 11.3 Å². The van der Waals surface area contributed by atoms with Crippen LogP contribution in [0.4, 0.5) is 0 Å². The van der Waals surface area contributed by atoms with Crippen LogP contribution in [0.5, 0.6) is 0 Å². The monoisotopic (exact) mass is 288 g/mol. The fraction of sp³-hybridized carbons (Fsp3) is 0.333. The first-order valence-corrected chi connectivity index (χ1v) is 7.56. The Balaban J connectivity index is 1.78. The highest BCUT2D eigenvalue weighted by Gasteiger charge is 2.24. The third-order valence-corrected chi connectivity index (χ3v) is 4.69. The molecule has 1 fully saturated rings. The van der Waals surface area contributed by atoms with E-state index >= 15 is 0 Å². The van der Waals surface area contributed by atoms with Crippen LogP contribution in [-0.2, 0) is 4.79 Å². The summed E-state index contributed by atoms with van der Waals surface area (Å²) in [5, 5.41) is 2.96. The van der Waals surface area contributed by atoms with Gasteiger partial charge in [-0.3, -0.25) is 9.59 Å². The van der Waals surface area contributed by atoms with Crippen LogP contribution in [0.3, 0.4) is 0 Å². The van der Waals surface area contributed by atoms with Gasteiger partial charge in [-0.2, -0.15) is 0 Å². The van der Waals surface area contributed by atoms with Gasteiger partial charge in [0.25, 0.3) is 5.91 Å². The van der Waals surface area contributed by atoms with Crippen LogP contribution < -0.4 is 0 Å². The van der Waals surface area contributed by atoms with E-state index in [1.807, 2.05) is 34.5 Å². The standard InChI is InChI=1S/C15H16N2O2S/c1-11(18)16-6-8-17(9-7-16)15(19)13-10-20-14-5-3-2-4-12(13)14/h2-5,10H,6-9H2,1H3. The molecule has 0 aliphatic carbocycles. The SMILES string of the molecule is CC(=O)N1CCN(C(=O)c2csc3ccccc23)CC1. The van der Waals surface area contributed by atoms with Crippen LogP contribution in [0.2, 0.25) is 0 Å². The largest absolute Gasteiger partial charge is 0.339 e. The number of carbonyl (C=O) groups excluding carboxylic acids is 2. The maximum Gasteiger partial charge on any atom is 0.255 e. The van der Waals surface area contributed by atoms with Gasteiger partial charge in [0.05, 0.1) is 5.56 Å². The Bertz CT molecular complexity index is 657. The summed E-state index contributed by atoms with van der Waals surface area (Å²) >= 11 is 1.60. The Kier molecular flexibility index (Phi) is 3.44. The van der Waals surface area contributed by atoms with Gasteiger partial charge in [0.2, 0.25) is 5.91 Å². The molecule has 2 aromatic rings. The molecule has 0 radical (unpaired) electrons. The Morgan fingerprint density at radius 1 is 1.05 bits per heavy atom. The molecule has 1 aromatic carbocycles. The summed E-state index contributed by atoms with van der Waals surface area (Å²) in [6.45, 7) is 4.06. The number of nitrogens with zero attached hydrogens (tertiary/aromatic N) is 2. The fourth-order valence-electron chi connectivity index (χ4n) is 2.54. The molecule has 1 aromatic heterocycles. The number of piperazine rings is 1. The van der Waals surface area contributed by atoms with Gasteiger partial charge >= 0.3 is 0 Å². The molecule has 0 bridgehead atoms. The van der Waals surface area contributed by atoms with Gasteiger partial charge in [-0.05, 0) is 6.07 Å². The van der Waals surface area contributed by atoms with E-state index in [-0.39, 0.29) is 11.8 Å². The number of fused-ring (bicyclic) bond motifs is 1. The van der Waals surface area contributed by atoms with Crippen molar-refractivity contribution in [3.05, 3.63) is 35.2 Å². The molecule has 104 valence electrons. The second-order valence-corrected chi connectivity index (χ2v) is 5.86. The van der Waals surface area contributed by atoms with E-state index in [0.717, 1.165) is 15.6 Å². The molecule has 0 atom stereocenters. The van der Waals surface area contributed by atoms with Crippen molar-refractivity contribution in [2.45, 2.75) is 6.92 Å². The van der Waals surface area contributed by atoms with E-state index in [1.165, 1.54) is 0 Å². The molecule has 0 unspecified atom stereocenters. The van der Waals surface area contributed by atoms with Crippen molar-refractivity contribution in [2.75, 3.05) is 26.2 Å². The number of benzene rings is 1. The molecule has 1 saturated heterocycles. The van der Waals surface area contributed by atoms with Crippen molar-refractivity contribution >= 4 is 33.2 Å². The average Bonchev–Trinajstić information content (AvgIpc) is 2.90. The maximum atomic E-state index is 12.6. The quantitative estimate of drug-likeness (QED) is 0.807. The van der Waals surface area contributed by atoms with Gasteiger partial charge < -0.3 is 9.80 Å². The summed E-state index contributed by atoms with van der Waals surface area (Å²) in [4.78, 5) is 27.5.